The molecule has 0 saturated heterocycles. The molecule has 0 radical (unpaired) electrons. The molecule has 1 aliphatic rings. The van der Waals surface area contributed by atoms with Gasteiger partial charge in [-0.05, 0) is 31.0 Å². The summed E-state index contributed by atoms with van der Waals surface area (Å²) < 4.78 is 33.1. The number of halogens is 2. The maximum Gasteiger partial charge on any atom is 0.333 e. The number of aliphatic hydroxyl groups excluding tert-OH is 1. The molecule has 6 N–H and O–H groups in total. The Hall–Kier alpha value is -2.23. The molecule has 15 heteroatoms. The van der Waals surface area contributed by atoms with Gasteiger partial charge in [0.15, 0.2) is 0 Å². The highest BCUT2D eigenvalue weighted by atomic mass is 35.5. The molecule has 4 atom stereocenters. The first-order valence-corrected chi connectivity index (χ1v) is 13.7. The van der Waals surface area contributed by atoms with Gasteiger partial charge in [0.05, 0.1) is 32.6 Å². The van der Waals surface area contributed by atoms with Crippen molar-refractivity contribution in [3.8, 4) is 0 Å². The van der Waals surface area contributed by atoms with Crippen LogP contribution in [0.4, 0.5) is 5.82 Å². The molecule has 11 nitrogen and oxygen atoms in total. The summed E-state index contributed by atoms with van der Waals surface area (Å²) in [6.07, 6.45) is 2.55. The van der Waals surface area contributed by atoms with Gasteiger partial charge in [-0.15, -0.1) is 11.3 Å². The van der Waals surface area contributed by atoms with Crippen molar-refractivity contribution in [3.05, 3.63) is 68.0 Å². The van der Waals surface area contributed by atoms with Gasteiger partial charge in [-0.1, -0.05) is 29.3 Å². The largest absolute Gasteiger partial charge is 0.393 e. The van der Waals surface area contributed by atoms with Crippen LogP contribution >= 0.6 is 34.5 Å². The fraction of sp³-hybridized carbons (Fsp3) is 0.333. The van der Waals surface area contributed by atoms with Crippen molar-refractivity contribution < 1.29 is 22.9 Å². The molecular formula is C21H22Cl2N6O5S2. The third-order valence-electron chi connectivity index (χ3n) is 5.81. The Labute approximate surface area is 221 Å². The minimum atomic E-state index is -4.36. The van der Waals surface area contributed by atoms with E-state index in [4.69, 9.17) is 33.5 Å². The lowest BCUT2D eigenvalue weighted by molar-refractivity contribution is 0.104. The standard InChI is InChI=1S/C21H22Cl2N6O5S2/c22-17-3-1-2-14(29-17)18(24)12-6-16(35-20(12)23)19(31)13-8-25-9-26-21(13)28-11-4-10(15(30)5-11)7-27-36(32,33)34/h1-3,6,8-11,15,18,27,30H,4-5,7,24H2,(H,25,26,28)(H,32,33,34)/t10-,11-,15+,18-/m1/s1. The summed E-state index contributed by atoms with van der Waals surface area (Å²) in [6, 6.07) is 5.69. The highest BCUT2D eigenvalue weighted by Gasteiger charge is 2.34. The quantitative estimate of drug-likeness (QED) is 0.145. The van der Waals surface area contributed by atoms with E-state index in [0.717, 1.165) is 11.3 Å². The summed E-state index contributed by atoms with van der Waals surface area (Å²) in [6.45, 7) is -0.119. The van der Waals surface area contributed by atoms with E-state index in [1.54, 1.807) is 24.3 Å². The molecule has 3 aromatic rings. The molecule has 0 aromatic carbocycles. The lowest BCUT2D eigenvalue weighted by Crippen LogP contribution is -2.32. The Bertz CT molecular complexity index is 1370. The average molecular weight is 573 g/mol. The maximum atomic E-state index is 13.4. The van der Waals surface area contributed by atoms with Gasteiger partial charge in [-0.25, -0.2) is 15.0 Å². The molecule has 3 heterocycles. The topological polar surface area (TPSA) is 180 Å². The van der Waals surface area contributed by atoms with Crippen LogP contribution in [0.25, 0.3) is 0 Å². The highest BCUT2D eigenvalue weighted by molar-refractivity contribution is 7.83. The number of thiophene rings is 1. The lowest BCUT2D eigenvalue weighted by Gasteiger charge is -2.15. The van der Waals surface area contributed by atoms with Gasteiger partial charge in [0.25, 0.3) is 0 Å². The van der Waals surface area contributed by atoms with Crippen LogP contribution in [-0.4, -0.2) is 57.5 Å². The molecular weight excluding hydrogens is 551 g/mol. The highest BCUT2D eigenvalue weighted by Crippen LogP contribution is 2.36. The second-order valence-corrected chi connectivity index (χ2v) is 11.6. The van der Waals surface area contributed by atoms with E-state index >= 15 is 0 Å². The third kappa shape index (κ3) is 6.36. The monoisotopic (exact) mass is 572 g/mol. The minimum absolute atomic E-state index is 0.119. The second-order valence-electron chi connectivity index (χ2n) is 8.28. The molecule has 1 saturated carbocycles. The zero-order valence-electron chi connectivity index (χ0n) is 18.5. The number of rotatable bonds is 9. The van der Waals surface area contributed by atoms with Crippen molar-refractivity contribution in [3.63, 3.8) is 0 Å². The summed E-state index contributed by atoms with van der Waals surface area (Å²) >= 11 is 13.5. The fourth-order valence-corrected chi connectivity index (χ4v) is 5.95. The van der Waals surface area contributed by atoms with E-state index in [2.05, 4.69) is 20.3 Å². The number of hydrogen-bond donors (Lipinski definition) is 5. The van der Waals surface area contributed by atoms with E-state index < -0.39 is 28.4 Å². The minimum Gasteiger partial charge on any atom is -0.393 e. The number of carbonyl (C=O) groups excluding carboxylic acids is 1. The number of nitrogens with two attached hydrogens (primary N) is 1. The Kier molecular flexibility index (Phi) is 8.22. The van der Waals surface area contributed by atoms with E-state index in [-0.39, 0.29) is 34.9 Å². The van der Waals surface area contributed by atoms with Crippen molar-refractivity contribution in [1.82, 2.24) is 19.7 Å². The lowest BCUT2D eigenvalue weighted by atomic mass is 10.1. The van der Waals surface area contributed by atoms with Crippen LogP contribution < -0.4 is 15.8 Å². The van der Waals surface area contributed by atoms with Crippen LogP contribution in [-0.2, 0) is 10.3 Å². The average Bonchev–Trinajstić information content (AvgIpc) is 3.38. The van der Waals surface area contributed by atoms with Crippen LogP contribution in [0.1, 0.15) is 45.4 Å². The Morgan fingerprint density at radius 1 is 1.31 bits per heavy atom. The summed E-state index contributed by atoms with van der Waals surface area (Å²) in [7, 11) is -4.36. The molecule has 0 bridgehead atoms. The number of hydrogen-bond acceptors (Lipinski definition) is 10. The van der Waals surface area contributed by atoms with Gasteiger partial charge < -0.3 is 16.2 Å². The number of carbonyl (C=O) groups is 1. The first-order chi connectivity index (χ1) is 17.0. The molecule has 1 aliphatic carbocycles. The van der Waals surface area contributed by atoms with Crippen LogP contribution in [0.5, 0.6) is 0 Å². The number of pyridine rings is 1. The summed E-state index contributed by atoms with van der Waals surface area (Å²) in [5, 5.41) is 13.7. The number of nitrogens with one attached hydrogen (secondary N) is 2. The summed E-state index contributed by atoms with van der Waals surface area (Å²) in [5.74, 6) is -0.529. The van der Waals surface area contributed by atoms with Crippen molar-refractivity contribution in [1.29, 1.82) is 0 Å². The normalized spacial score (nSPS) is 20.9. The predicted molar refractivity (Wildman–Crippen MR) is 136 cm³/mol. The molecule has 1 fully saturated rings. The van der Waals surface area contributed by atoms with Gasteiger partial charge in [-0.2, -0.15) is 13.1 Å². The number of nitrogens with zero attached hydrogens (tertiary/aromatic N) is 3. The number of aliphatic hydroxyl groups is 1. The fourth-order valence-electron chi connectivity index (χ4n) is 4.05. The Balaban J connectivity index is 1.51. The van der Waals surface area contributed by atoms with Gasteiger partial charge >= 0.3 is 10.3 Å². The molecule has 0 aliphatic heterocycles. The van der Waals surface area contributed by atoms with Gasteiger partial charge in [-0.3, -0.25) is 9.35 Å². The van der Waals surface area contributed by atoms with E-state index in [9.17, 15) is 18.3 Å². The van der Waals surface area contributed by atoms with Crippen LogP contribution in [0.15, 0.2) is 36.8 Å². The summed E-state index contributed by atoms with van der Waals surface area (Å²) in [5.41, 5.74) is 7.56. The van der Waals surface area contributed by atoms with Crippen molar-refractivity contribution in [2.24, 2.45) is 11.7 Å². The number of anilines is 1. The van der Waals surface area contributed by atoms with Crippen LogP contribution in [0.3, 0.4) is 0 Å². The first kappa shape index (κ1) is 26.8. The predicted octanol–water partition coefficient (Wildman–Crippen LogP) is 2.46. The molecule has 0 spiro atoms. The van der Waals surface area contributed by atoms with E-state index in [0.29, 0.717) is 33.3 Å². The zero-order chi connectivity index (χ0) is 26.0. The van der Waals surface area contributed by atoms with Crippen LogP contribution in [0.2, 0.25) is 9.49 Å². The van der Waals surface area contributed by atoms with Crippen molar-refractivity contribution in [2.75, 3.05) is 11.9 Å². The van der Waals surface area contributed by atoms with Crippen molar-refractivity contribution >= 4 is 56.4 Å². The van der Waals surface area contributed by atoms with Gasteiger partial charge in [0.1, 0.15) is 17.3 Å². The number of aromatic nitrogens is 3. The summed E-state index contributed by atoms with van der Waals surface area (Å²) in [4.78, 5) is 26.1. The Morgan fingerprint density at radius 2 is 2.08 bits per heavy atom. The van der Waals surface area contributed by atoms with E-state index in [1.807, 2.05) is 4.72 Å². The SMILES string of the molecule is N[C@@H](c1cccc(Cl)n1)c1cc(C(=O)c2cncnc2N[C@@H]2C[C@H](CNS(=O)(=O)O)[C@@H](O)C2)sc1Cl. The Morgan fingerprint density at radius 3 is 2.81 bits per heavy atom. The molecule has 3 aromatic heterocycles. The van der Waals surface area contributed by atoms with Crippen LogP contribution in [0, 0.1) is 5.92 Å². The first-order valence-electron chi connectivity index (χ1n) is 10.7. The van der Waals surface area contributed by atoms with Crippen molar-refractivity contribution in [2.45, 2.75) is 31.0 Å². The third-order valence-corrected chi connectivity index (χ3v) is 7.94. The molecule has 192 valence electrons. The molecule has 4 rings (SSSR count). The molecule has 0 amide bonds. The molecule has 0 unspecified atom stereocenters. The second kappa shape index (κ2) is 11.0. The number of ketones is 1. The van der Waals surface area contributed by atoms with E-state index in [1.165, 1.54) is 12.5 Å². The van der Waals surface area contributed by atoms with Gasteiger partial charge in [0.2, 0.25) is 5.78 Å². The van der Waals surface area contributed by atoms with Gasteiger partial charge in [0, 0.05) is 30.3 Å². The maximum absolute atomic E-state index is 13.4. The zero-order valence-corrected chi connectivity index (χ0v) is 21.7. The smallest absolute Gasteiger partial charge is 0.333 e. The molecule has 36 heavy (non-hydrogen) atoms.